The molecule has 4 aromatic rings. The van der Waals surface area contributed by atoms with Crippen LogP contribution in [0.25, 0.3) is 22.7 Å². The molecule has 0 bridgehead atoms. The van der Waals surface area contributed by atoms with Crippen molar-refractivity contribution in [1.29, 1.82) is 0 Å². The first-order valence-corrected chi connectivity index (χ1v) is 10.9. The zero-order valence-electron chi connectivity index (χ0n) is 17.6. The molecule has 164 valence electrons. The van der Waals surface area contributed by atoms with Crippen LogP contribution in [-0.4, -0.2) is 22.0 Å². The van der Waals surface area contributed by atoms with Gasteiger partial charge >= 0.3 is 0 Å². The molecule has 0 atom stereocenters. The fraction of sp³-hybridized carbons (Fsp3) is 0.280. The molecule has 7 heteroatoms. The van der Waals surface area contributed by atoms with Crippen LogP contribution in [0.3, 0.4) is 0 Å². The SMILES string of the molecule is O=C(NCCc1ccco1)c1ccc(-c2c(-c3ccc(F)cc3)ncn2C2CCCC2)o1. The van der Waals surface area contributed by atoms with E-state index in [1.54, 1.807) is 30.5 Å². The summed E-state index contributed by atoms with van der Waals surface area (Å²) in [4.78, 5) is 17.2. The molecule has 0 radical (unpaired) electrons. The molecule has 1 aromatic carbocycles. The van der Waals surface area contributed by atoms with E-state index in [4.69, 9.17) is 8.83 Å². The van der Waals surface area contributed by atoms with Gasteiger partial charge in [0.1, 0.15) is 17.3 Å². The molecule has 1 aliphatic carbocycles. The first kappa shape index (κ1) is 20.3. The van der Waals surface area contributed by atoms with Crippen LogP contribution in [-0.2, 0) is 6.42 Å². The number of nitrogens with zero attached hydrogens (tertiary/aromatic N) is 2. The zero-order chi connectivity index (χ0) is 21.9. The second-order valence-corrected chi connectivity index (χ2v) is 8.04. The van der Waals surface area contributed by atoms with Gasteiger partial charge in [0, 0.05) is 24.6 Å². The summed E-state index contributed by atoms with van der Waals surface area (Å²) in [5.41, 5.74) is 2.34. The van der Waals surface area contributed by atoms with Crippen LogP contribution < -0.4 is 5.32 Å². The molecular weight excluding hydrogens is 409 g/mol. The van der Waals surface area contributed by atoms with Crippen LogP contribution in [0, 0.1) is 5.82 Å². The van der Waals surface area contributed by atoms with Crippen molar-refractivity contribution in [2.45, 2.75) is 38.1 Å². The van der Waals surface area contributed by atoms with Crippen molar-refractivity contribution < 1.29 is 18.0 Å². The Hall–Kier alpha value is -3.61. The summed E-state index contributed by atoms with van der Waals surface area (Å²) in [7, 11) is 0. The first-order chi connectivity index (χ1) is 15.7. The number of rotatable bonds is 7. The molecule has 0 spiro atoms. The molecule has 1 fully saturated rings. The average Bonchev–Trinajstić information content (AvgIpc) is 3.60. The Morgan fingerprint density at radius 3 is 2.69 bits per heavy atom. The number of hydrogen-bond acceptors (Lipinski definition) is 4. The van der Waals surface area contributed by atoms with E-state index in [1.165, 1.54) is 25.0 Å². The Labute approximate surface area is 185 Å². The van der Waals surface area contributed by atoms with Crippen molar-refractivity contribution >= 4 is 5.91 Å². The fourth-order valence-corrected chi connectivity index (χ4v) is 4.31. The number of furan rings is 2. The number of carbonyl (C=O) groups excluding carboxylic acids is 1. The van der Waals surface area contributed by atoms with Gasteiger partial charge in [-0.3, -0.25) is 4.79 Å². The lowest BCUT2D eigenvalue weighted by Gasteiger charge is -2.15. The highest BCUT2D eigenvalue weighted by atomic mass is 19.1. The van der Waals surface area contributed by atoms with E-state index in [2.05, 4.69) is 14.9 Å². The maximum Gasteiger partial charge on any atom is 0.287 e. The summed E-state index contributed by atoms with van der Waals surface area (Å²) in [6, 6.07) is 13.8. The number of amides is 1. The molecule has 1 aliphatic rings. The average molecular weight is 433 g/mol. The van der Waals surface area contributed by atoms with Gasteiger partial charge in [-0.1, -0.05) is 12.8 Å². The van der Waals surface area contributed by atoms with Gasteiger partial charge in [-0.05, 0) is 61.4 Å². The predicted octanol–water partition coefficient (Wildman–Crippen LogP) is 5.63. The monoisotopic (exact) mass is 433 g/mol. The lowest BCUT2D eigenvalue weighted by atomic mass is 10.1. The third-order valence-electron chi connectivity index (χ3n) is 5.93. The second kappa shape index (κ2) is 8.86. The van der Waals surface area contributed by atoms with E-state index in [9.17, 15) is 9.18 Å². The Balaban J connectivity index is 1.42. The van der Waals surface area contributed by atoms with Crippen molar-refractivity contribution in [1.82, 2.24) is 14.9 Å². The van der Waals surface area contributed by atoms with Crippen LogP contribution in [0.2, 0.25) is 0 Å². The van der Waals surface area contributed by atoms with Gasteiger partial charge in [0.25, 0.3) is 5.91 Å². The number of imidazole rings is 1. The normalized spacial score (nSPS) is 14.2. The number of aromatic nitrogens is 2. The molecule has 3 aromatic heterocycles. The maximum atomic E-state index is 13.5. The van der Waals surface area contributed by atoms with Gasteiger partial charge in [-0.25, -0.2) is 9.37 Å². The van der Waals surface area contributed by atoms with E-state index in [1.807, 2.05) is 18.5 Å². The van der Waals surface area contributed by atoms with Gasteiger partial charge in [0.05, 0.1) is 18.3 Å². The minimum atomic E-state index is -0.294. The number of nitrogens with one attached hydrogen (secondary N) is 1. The number of carbonyl (C=O) groups is 1. The lowest BCUT2D eigenvalue weighted by Crippen LogP contribution is -2.25. The highest BCUT2D eigenvalue weighted by Gasteiger charge is 2.25. The van der Waals surface area contributed by atoms with Crippen LogP contribution in [0.4, 0.5) is 4.39 Å². The van der Waals surface area contributed by atoms with Crippen molar-refractivity contribution in [3.05, 3.63) is 78.5 Å². The van der Waals surface area contributed by atoms with E-state index in [-0.39, 0.29) is 17.5 Å². The Morgan fingerprint density at radius 2 is 1.94 bits per heavy atom. The molecule has 3 heterocycles. The lowest BCUT2D eigenvalue weighted by molar-refractivity contribution is 0.0927. The van der Waals surface area contributed by atoms with Gasteiger partial charge < -0.3 is 18.7 Å². The minimum absolute atomic E-state index is 0.240. The summed E-state index contributed by atoms with van der Waals surface area (Å²) in [6.45, 7) is 0.448. The largest absolute Gasteiger partial charge is 0.469 e. The molecule has 1 N–H and O–H groups in total. The number of halogens is 1. The summed E-state index contributed by atoms with van der Waals surface area (Å²) in [5, 5.41) is 2.86. The Kier molecular flexibility index (Phi) is 5.62. The molecular formula is C25H24FN3O3. The number of benzene rings is 1. The molecule has 1 amide bonds. The van der Waals surface area contributed by atoms with Crippen LogP contribution >= 0.6 is 0 Å². The second-order valence-electron chi connectivity index (χ2n) is 8.04. The van der Waals surface area contributed by atoms with Crippen LogP contribution in [0.5, 0.6) is 0 Å². The third-order valence-corrected chi connectivity index (χ3v) is 5.93. The van der Waals surface area contributed by atoms with Gasteiger partial charge in [0.2, 0.25) is 0 Å². The standard InChI is InChI=1S/C25H24FN3O3/c26-18-9-7-17(8-10-18)23-24(29(16-28-23)19-4-1-2-5-19)21-11-12-22(32-21)25(30)27-14-13-20-6-3-15-31-20/h3,6-12,15-16,19H,1-2,4-5,13-14H2,(H,27,30). The van der Waals surface area contributed by atoms with E-state index in [0.717, 1.165) is 35.6 Å². The highest BCUT2D eigenvalue weighted by molar-refractivity contribution is 5.92. The summed E-state index contributed by atoms with van der Waals surface area (Å²) >= 11 is 0. The molecule has 0 saturated heterocycles. The summed E-state index contributed by atoms with van der Waals surface area (Å²) in [5.74, 6) is 1.05. The quantitative estimate of drug-likeness (QED) is 0.410. The van der Waals surface area contributed by atoms with E-state index in [0.29, 0.717) is 24.8 Å². The molecule has 32 heavy (non-hydrogen) atoms. The summed E-state index contributed by atoms with van der Waals surface area (Å²) < 4.78 is 26.9. The molecule has 5 rings (SSSR count). The van der Waals surface area contributed by atoms with Crippen LogP contribution in [0.1, 0.15) is 48.0 Å². The van der Waals surface area contributed by atoms with E-state index < -0.39 is 0 Å². The van der Waals surface area contributed by atoms with Gasteiger partial charge in [0.15, 0.2) is 11.5 Å². The Morgan fingerprint density at radius 1 is 1.12 bits per heavy atom. The van der Waals surface area contributed by atoms with Crippen molar-refractivity contribution in [2.75, 3.05) is 6.54 Å². The van der Waals surface area contributed by atoms with Crippen molar-refractivity contribution in [3.8, 4) is 22.7 Å². The topological polar surface area (TPSA) is 73.2 Å². The zero-order valence-corrected chi connectivity index (χ0v) is 17.6. The molecule has 6 nitrogen and oxygen atoms in total. The minimum Gasteiger partial charge on any atom is -0.469 e. The predicted molar refractivity (Wildman–Crippen MR) is 118 cm³/mol. The molecule has 0 aliphatic heterocycles. The van der Waals surface area contributed by atoms with E-state index >= 15 is 0 Å². The fourth-order valence-electron chi connectivity index (χ4n) is 4.31. The highest BCUT2D eigenvalue weighted by Crippen LogP contribution is 2.39. The molecule has 0 unspecified atom stereocenters. The van der Waals surface area contributed by atoms with Gasteiger partial charge in [-0.2, -0.15) is 0 Å². The van der Waals surface area contributed by atoms with Crippen molar-refractivity contribution in [3.63, 3.8) is 0 Å². The summed E-state index contributed by atoms with van der Waals surface area (Å²) in [6.07, 6.45) is 8.55. The molecule has 1 saturated carbocycles. The first-order valence-electron chi connectivity index (χ1n) is 10.9. The maximum absolute atomic E-state index is 13.5. The van der Waals surface area contributed by atoms with Crippen molar-refractivity contribution in [2.24, 2.45) is 0 Å². The van der Waals surface area contributed by atoms with Gasteiger partial charge in [-0.15, -0.1) is 0 Å². The smallest absolute Gasteiger partial charge is 0.287 e. The Bertz CT molecular complexity index is 1190. The third kappa shape index (κ3) is 4.10. The number of hydrogen-bond donors (Lipinski definition) is 1. The van der Waals surface area contributed by atoms with Crippen LogP contribution in [0.15, 0.2) is 70.0 Å².